The fourth-order valence-electron chi connectivity index (χ4n) is 1.06. The summed E-state index contributed by atoms with van der Waals surface area (Å²) in [5, 5.41) is 0. The standard InChI is InChI=1S/C9H27N2PSSeSi2/c1-12(2,14)9-13(10-15(3,4)5)11-16(6,7)8/h9H2,1-8H3,(H,10,11). The number of hydrogen-bond acceptors (Lipinski definition) is 1. The Morgan fingerprint density at radius 2 is 1.56 bits per heavy atom. The predicted octanol–water partition coefficient (Wildman–Crippen LogP) is 3.28. The van der Waals surface area contributed by atoms with Gasteiger partial charge in [0.05, 0.1) is 0 Å². The summed E-state index contributed by atoms with van der Waals surface area (Å²) in [7, 11) is -2.46. The summed E-state index contributed by atoms with van der Waals surface area (Å²) in [5.41, 5.74) is 1.22. The Balaban J connectivity index is 4.87. The van der Waals surface area contributed by atoms with E-state index in [0.717, 1.165) is 0 Å². The molecule has 1 unspecified atom stereocenters. The summed E-state index contributed by atoms with van der Waals surface area (Å²) >= 11 is 3.37. The first kappa shape index (κ1) is 17.5. The first-order chi connectivity index (χ1) is 6.79. The van der Waals surface area contributed by atoms with E-state index in [-0.39, 0.29) is 10.9 Å². The van der Waals surface area contributed by atoms with Gasteiger partial charge in [-0.25, -0.2) is 0 Å². The van der Waals surface area contributed by atoms with E-state index in [2.05, 4.69) is 72.6 Å². The van der Waals surface area contributed by atoms with E-state index >= 15 is 0 Å². The van der Waals surface area contributed by atoms with Crippen LogP contribution >= 0.6 is 5.95 Å². The van der Waals surface area contributed by atoms with E-state index in [1.54, 1.807) is 0 Å². The molecule has 98 valence electrons. The van der Waals surface area contributed by atoms with E-state index in [0.29, 0.717) is 0 Å². The van der Waals surface area contributed by atoms with Gasteiger partial charge >= 0.3 is 115 Å². The van der Waals surface area contributed by atoms with Crippen LogP contribution in [-0.2, 0) is 10.9 Å². The summed E-state index contributed by atoms with van der Waals surface area (Å²) in [6, 6.07) is 0. The fraction of sp³-hybridized carbons (Fsp3) is 1.00. The summed E-state index contributed by atoms with van der Waals surface area (Å²) in [5.74, 6) is -0.868. The second-order valence-corrected chi connectivity index (χ2v) is 28.2. The molecule has 0 spiro atoms. The van der Waals surface area contributed by atoms with Crippen LogP contribution in [0.4, 0.5) is 0 Å². The molecule has 0 aromatic rings. The molecule has 0 aliphatic heterocycles. The SMILES string of the molecule is C[Si](C)(C)N=S(C[P+](C)(C)[Se-])N[Si](C)(C)C. The van der Waals surface area contributed by atoms with E-state index in [1.807, 2.05) is 0 Å². The van der Waals surface area contributed by atoms with Crippen molar-refractivity contribution >= 4 is 48.9 Å². The van der Waals surface area contributed by atoms with Crippen molar-refractivity contribution in [1.29, 1.82) is 0 Å². The van der Waals surface area contributed by atoms with Gasteiger partial charge in [-0.3, -0.25) is 0 Å². The molecular weight excluding hydrogens is 334 g/mol. The molecule has 0 aliphatic carbocycles. The van der Waals surface area contributed by atoms with Crippen molar-refractivity contribution in [3.8, 4) is 0 Å². The third-order valence-corrected chi connectivity index (χ3v) is 13.2. The molecule has 0 aromatic carbocycles. The van der Waals surface area contributed by atoms with Gasteiger partial charge in [0.25, 0.3) is 0 Å². The molecule has 0 saturated heterocycles. The molecule has 16 heavy (non-hydrogen) atoms. The molecule has 0 aliphatic rings. The average molecular weight is 362 g/mol. The molecule has 0 radical (unpaired) electrons. The Kier molecular flexibility index (Phi) is 6.66. The van der Waals surface area contributed by atoms with Gasteiger partial charge in [-0.1, -0.05) is 0 Å². The minimum atomic E-state index is -1.32. The van der Waals surface area contributed by atoms with Crippen LogP contribution < -0.4 is 4.39 Å². The summed E-state index contributed by atoms with van der Waals surface area (Å²) < 4.78 is 8.89. The average Bonchev–Trinajstić information content (AvgIpc) is 1.70. The normalized spacial score (nSPS) is 16.6. The van der Waals surface area contributed by atoms with Gasteiger partial charge in [-0.15, -0.1) is 0 Å². The van der Waals surface area contributed by atoms with E-state index in [1.165, 1.54) is 5.49 Å². The zero-order valence-electron chi connectivity index (χ0n) is 11.9. The summed E-state index contributed by atoms with van der Waals surface area (Å²) in [6.45, 7) is 18.8. The van der Waals surface area contributed by atoms with Crippen molar-refractivity contribution in [3.05, 3.63) is 0 Å². The zero-order valence-corrected chi connectivity index (χ0v) is 17.3. The maximum atomic E-state index is 5.08. The van der Waals surface area contributed by atoms with Gasteiger partial charge in [0.1, 0.15) is 0 Å². The van der Waals surface area contributed by atoms with Crippen molar-refractivity contribution in [2.24, 2.45) is 4.03 Å². The Morgan fingerprint density at radius 1 is 1.12 bits per heavy atom. The second kappa shape index (κ2) is 6.09. The summed E-state index contributed by atoms with van der Waals surface area (Å²) in [4.78, 5) is 0. The molecule has 0 amide bonds. The molecule has 2 nitrogen and oxygen atoms in total. The third kappa shape index (κ3) is 12.0. The molecule has 0 rings (SSSR count). The minimum absolute atomic E-state index is 0.0837. The van der Waals surface area contributed by atoms with Crippen LogP contribution in [0.5, 0.6) is 0 Å². The number of nitrogens with one attached hydrogen (secondary N) is 1. The third-order valence-electron chi connectivity index (χ3n) is 1.24. The quantitative estimate of drug-likeness (QED) is 0.590. The molecule has 0 aromatic heterocycles. The Hall–Kier alpha value is 1.49. The van der Waals surface area contributed by atoms with Gasteiger partial charge < -0.3 is 0 Å². The molecule has 7 heteroatoms. The van der Waals surface area contributed by atoms with Crippen molar-refractivity contribution < 1.29 is 0 Å². The molecule has 1 N–H and O–H groups in total. The molecule has 1 atom stereocenters. The van der Waals surface area contributed by atoms with Gasteiger partial charge in [0.2, 0.25) is 0 Å². The Morgan fingerprint density at radius 3 is 1.81 bits per heavy atom. The van der Waals surface area contributed by atoms with Crippen LogP contribution in [0.1, 0.15) is 0 Å². The molecule has 0 saturated carbocycles. The van der Waals surface area contributed by atoms with E-state index in [4.69, 9.17) is 4.03 Å². The van der Waals surface area contributed by atoms with Crippen LogP contribution in [0.2, 0.25) is 39.3 Å². The van der Waals surface area contributed by atoms with E-state index in [9.17, 15) is 0 Å². The van der Waals surface area contributed by atoms with Gasteiger partial charge in [0, 0.05) is 0 Å². The maximum absolute atomic E-state index is 5.08. The van der Waals surface area contributed by atoms with Crippen LogP contribution in [0.3, 0.4) is 0 Å². The van der Waals surface area contributed by atoms with Gasteiger partial charge in [-0.05, 0) is 0 Å². The molecular formula is C9H27N2PSSeSi2. The van der Waals surface area contributed by atoms with Crippen molar-refractivity contribution in [1.82, 2.24) is 4.39 Å². The number of rotatable bonds is 5. The van der Waals surface area contributed by atoms with Crippen LogP contribution in [0.15, 0.2) is 4.03 Å². The van der Waals surface area contributed by atoms with Crippen molar-refractivity contribution in [2.45, 2.75) is 39.3 Å². The van der Waals surface area contributed by atoms with Crippen LogP contribution in [-0.4, -0.2) is 50.9 Å². The van der Waals surface area contributed by atoms with Gasteiger partial charge in [-0.2, -0.15) is 0 Å². The van der Waals surface area contributed by atoms with Crippen LogP contribution in [0.25, 0.3) is 0 Å². The van der Waals surface area contributed by atoms with Crippen molar-refractivity contribution in [2.75, 3.05) is 18.8 Å². The second-order valence-electron chi connectivity index (χ2n) is 6.68. The predicted molar refractivity (Wildman–Crippen MR) is 89.0 cm³/mol. The Labute approximate surface area is 115 Å². The molecule has 0 heterocycles. The number of nitrogens with zero attached hydrogens (tertiary/aromatic N) is 1. The topological polar surface area (TPSA) is 24.4 Å². The van der Waals surface area contributed by atoms with E-state index < -0.39 is 22.4 Å². The molecule has 0 fully saturated rings. The van der Waals surface area contributed by atoms with Gasteiger partial charge in [0.15, 0.2) is 0 Å². The van der Waals surface area contributed by atoms with Crippen LogP contribution in [0, 0.1) is 0 Å². The first-order valence-electron chi connectivity index (χ1n) is 5.54. The number of hydrogen-bond donors (Lipinski definition) is 1. The van der Waals surface area contributed by atoms with Crippen molar-refractivity contribution in [3.63, 3.8) is 0 Å². The monoisotopic (exact) mass is 362 g/mol. The first-order valence-corrected chi connectivity index (χ1v) is 18.9. The zero-order chi connectivity index (χ0) is 13.2. The molecule has 0 bridgehead atoms. The fourth-order valence-corrected chi connectivity index (χ4v) is 13.0. The Bertz CT molecular complexity index is 248. The summed E-state index contributed by atoms with van der Waals surface area (Å²) in [6.07, 6.45) is 0.